The Balaban J connectivity index is 2.62. The zero-order chi connectivity index (χ0) is 8.01. The van der Waals surface area contributed by atoms with Gasteiger partial charge in [0.05, 0.1) is 11.9 Å². The molecule has 0 saturated carbocycles. The first-order valence-electron chi connectivity index (χ1n) is 3.77. The summed E-state index contributed by atoms with van der Waals surface area (Å²) in [6, 6.07) is 0. The van der Waals surface area contributed by atoms with Crippen LogP contribution in [-0.2, 0) is 0 Å². The van der Waals surface area contributed by atoms with Crippen LogP contribution in [0.2, 0.25) is 0 Å². The first kappa shape index (κ1) is 6.59. The van der Waals surface area contributed by atoms with Crippen molar-refractivity contribution in [1.29, 1.82) is 0 Å². The van der Waals surface area contributed by atoms with Gasteiger partial charge in [-0.05, 0) is 43.6 Å². The monoisotopic (exact) mass is 144 g/mol. The Labute approximate surface area is 66.8 Å². The molecule has 0 saturated heterocycles. The normalized spacial score (nSPS) is 21.5. The van der Waals surface area contributed by atoms with Gasteiger partial charge < -0.3 is 0 Å². The van der Waals surface area contributed by atoms with E-state index in [4.69, 9.17) is 0 Å². The summed E-state index contributed by atoms with van der Waals surface area (Å²) in [7, 11) is 0. The summed E-state index contributed by atoms with van der Waals surface area (Å²) in [5.74, 6) is 0. The van der Waals surface area contributed by atoms with E-state index in [-0.39, 0.29) is 0 Å². The van der Waals surface area contributed by atoms with Gasteiger partial charge in [0.15, 0.2) is 0 Å². The molecule has 0 bridgehead atoms. The van der Waals surface area contributed by atoms with Crippen molar-refractivity contribution in [3.8, 4) is 0 Å². The lowest BCUT2D eigenvalue weighted by atomic mass is 10.0. The van der Waals surface area contributed by atoms with E-state index in [1.165, 1.54) is 22.3 Å². The van der Waals surface area contributed by atoms with Crippen LogP contribution in [0.4, 0.5) is 0 Å². The molecule has 1 nitrogen and oxygen atoms in total. The summed E-state index contributed by atoms with van der Waals surface area (Å²) < 4.78 is 0. The second kappa shape index (κ2) is 1.94. The maximum Gasteiger partial charge on any atom is 0.0932 e. The summed E-state index contributed by atoms with van der Waals surface area (Å²) >= 11 is 0. The van der Waals surface area contributed by atoms with Crippen molar-refractivity contribution in [3.63, 3.8) is 0 Å². The van der Waals surface area contributed by atoms with Gasteiger partial charge in [-0.2, -0.15) is 0 Å². The molecule has 0 aromatic carbocycles. The number of fused-ring (bicyclic) bond motifs is 1. The zero-order valence-corrected chi connectivity index (χ0v) is 7.02. The van der Waals surface area contributed by atoms with Crippen molar-refractivity contribution in [2.24, 2.45) is 4.99 Å². The maximum absolute atomic E-state index is 4.17. The highest BCUT2D eigenvalue weighted by atomic mass is 14.8. The van der Waals surface area contributed by atoms with Crippen molar-refractivity contribution in [2.45, 2.75) is 20.8 Å². The van der Waals surface area contributed by atoms with Crippen LogP contribution in [0.5, 0.6) is 0 Å². The largest absolute Gasteiger partial charge is 0.246 e. The van der Waals surface area contributed by atoms with E-state index in [2.05, 4.69) is 38.1 Å². The molecular weight excluding hydrogens is 134 g/mol. The van der Waals surface area contributed by atoms with E-state index in [0.717, 1.165) is 5.70 Å². The molecular formula is C10H10N. The number of rotatable bonds is 0. The molecule has 1 aliphatic heterocycles. The second-order valence-electron chi connectivity index (χ2n) is 3.06. The highest BCUT2D eigenvalue weighted by Crippen LogP contribution is 2.36. The molecule has 1 aliphatic carbocycles. The Morgan fingerprint density at radius 1 is 1.27 bits per heavy atom. The van der Waals surface area contributed by atoms with Crippen LogP contribution < -0.4 is 0 Å². The van der Waals surface area contributed by atoms with Crippen LogP contribution >= 0.6 is 0 Å². The highest BCUT2D eigenvalue weighted by molar-refractivity contribution is 5.89. The van der Waals surface area contributed by atoms with Crippen molar-refractivity contribution in [3.05, 3.63) is 34.1 Å². The Morgan fingerprint density at radius 2 is 2.00 bits per heavy atom. The average molecular weight is 144 g/mol. The van der Waals surface area contributed by atoms with Gasteiger partial charge in [-0.3, -0.25) is 0 Å². The Morgan fingerprint density at radius 3 is 2.64 bits per heavy atom. The quantitative estimate of drug-likeness (QED) is 0.495. The van der Waals surface area contributed by atoms with Crippen LogP contribution in [0.1, 0.15) is 20.8 Å². The van der Waals surface area contributed by atoms with Gasteiger partial charge in [-0.1, -0.05) is 0 Å². The molecule has 0 spiro atoms. The highest BCUT2D eigenvalue weighted by Gasteiger charge is 2.21. The Kier molecular flexibility index (Phi) is 1.16. The van der Waals surface area contributed by atoms with Crippen molar-refractivity contribution in [1.82, 2.24) is 0 Å². The van der Waals surface area contributed by atoms with Gasteiger partial charge in [0, 0.05) is 5.57 Å². The SMILES string of the molecule is CC1=C2C(=CC(C)=C2C)N=[C]1. The van der Waals surface area contributed by atoms with E-state index >= 15 is 0 Å². The number of hydrogen-bond donors (Lipinski definition) is 0. The summed E-state index contributed by atoms with van der Waals surface area (Å²) in [4.78, 5) is 4.17. The fourth-order valence-electron chi connectivity index (χ4n) is 1.54. The number of nitrogens with zero attached hydrogens (tertiary/aromatic N) is 1. The zero-order valence-electron chi connectivity index (χ0n) is 7.02. The molecule has 1 heteroatoms. The molecule has 0 fully saturated rings. The lowest BCUT2D eigenvalue weighted by Gasteiger charge is -1.98. The molecule has 0 N–H and O–H groups in total. The molecule has 0 unspecified atom stereocenters. The van der Waals surface area contributed by atoms with Crippen molar-refractivity contribution < 1.29 is 0 Å². The lowest BCUT2D eigenvalue weighted by Crippen LogP contribution is -1.83. The first-order valence-corrected chi connectivity index (χ1v) is 3.77. The molecule has 1 heterocycles. The smallest absolute Gasteiger partial charge is 0.0932 e. The van der Waals surface area contributed by atoms with Crippen molar-refractivity contribution in [2.75, 3.05) is 0 Å². The van der Waals surface area contributed by atoms with Crippen LogP contribution in [0.25, 0.3) is 0 Å². The number of hydrogen-bond acceptors (Lipinski definition) is 1. The maximum atomic E-state index is 4.17. The molecule has 0 atom stereocenters. The predicted molar refractivity (Wildman–Crippen MR) is 46.6 cm³/mol. The van der Waals surface area contributed by atoms with E-state index in [0.29, 0.717) is 0 Å². The minimum absolute atomic E-state index is 1.09. The minimum atomic E-state index is 1.09. The summed E-state index contributed by atoms with van der Waals surface area (Å²) in [6.45, 7) is 6.32. The molecule has 0 aromatic rings. The van der Waals surface area contributed by atoms with Crippen LogP contribution in [0, 0.1) is 0 Å². The predicted octanol–water partition coefficient (Wildman–Crippen LogP) is 2.50. The summed E-state index contributed by atoms with van der Waals surface area (Å²) in [5.41, 5.74) is 6.25. The fourth-order valence-corrected chi connectivity index (χ4v) is 1.54. The van der Waals surface area contributed by atoms with Gasteiger partial charge >= 0.3 is 0 Å². The third-order valence-electron chi connectivity index (χ3n) is 2.29. The molecule has 11 heavy (non-hydrogen) atoms. The second-order valence-corrected chi connectivity index (χ2v) is 3.06. The lowest BCUT2D eigenvalue weighted by molar-refractivity contribution is 1.33. The van der Waals surface area contributed by atoms with Crippen LogP contribution in [0.3, 0.4) is 0 Å². The summed E-state index contributed by atoms with van der Waals surface area (Å²) in [6.07, 6.45) is 5.09. The van der Waals surface area contributed by atoms with Gasteiger partial charge in [-0.15, -0.1) is 0 Å². The molecule has 2 aliphatic rings. The summed E-state index contributed by atoms with van der Waals surface area (Å²) in [5, 5.41) is 0. The Hall–Kier alpha value is -1.11. The topological polar surface area (TPSA) is 12.4 Å². The van der Waals surface area contributed by atoms with E-state index < -0.39 is 0 Å². The molecule has 1 radical (unpaired) electrons. The van der Waals surface area contributed by atoms with E-state index in [9.17, 15) is 0 Å². The van der Waals surface area contributed by atoms with E-state index in [1.54, 1.807) is 0 Å². The van der Waals surface area contributed by atoms with Gasteiger partial charge in [-0.25, -0.2) is 4.99 Å². The Bertz CT molecular complexity index is 334. The first-order chi connectivity index (χ1) is 5.20. The number of aliphatic imine (C=N–C) groups is 1. The average Bonchev–Trinajstić information content (AvgIpc) is 2.41. The molecule has 55 valence electrons. The third kappa shape index (κ3) is 0.739. The van der Waals surface area contributed by atoms with Crippen LogP contribution in [0.15, 0.2) is 39.1 Å². The minimum Gasteiger partial charge on any atom is -0.246 e. The van der Waals surface area contributed by atoms with Crippen LogP contribution in [-0.4, -0.2) is 6.21 Å². The number of allylic oxidation sites excluding steroid dienone is 4. The van der Waals surface area contributed by atoms with Gasteiger partial charge in [0.2, 0.25) is 0 Å². The molecule has 2 rings (SSSR count). The molecule has 0 amide bonds. The van der Waals surface area contributed by atoms with E-state index in [1.807, 2.05) is 0 Å². The van der Waals surface area contributed by atoms with Crippen molar-refractivity contribution >= 4 is 6.21 Å². The standard InChI is InChI=1S/C10H10N/c1-6-4-9-10(8(6)3)7(2)5-11-9/h4H,1-3H3. The van der Waals surface area contributed by atoms with Gasteiger partial charge in [0.25, 0.3) is 0 Å². The fraction of sp³-hybridized carbons (Fsp3) is 0.300. The molecule has 0 aromatic heterocycles. The van der Waals surface area contributed by atoms with Gasteiger partial charge in [0.1, 0.15) is 0 Å². The third-order valence-corrected chi connectivity index (χ3v) is 2.29.